The largest absolute Gasteiger partial charge is 0.384 e. The second kappa shape index (κ2) is 6.17. The summed E-state index contributed by atoms with van der Waals surface area (Å²) in [5.74, 6) is 0.431. The van der Waals surface area contributed by atoms with E-state index in [1.165, 1.54) is 16.6 Å². The van der Waals surface area contributed by atoms with Crippen LogP contribution in [0.4, 0.5) is 0 Å². The molecule has 0 N–H and O–H groups in total. The van der Waals surface area contributed by atoms with E-state index in [1.807, 2.05) is 0 Å². The average Bonchev–Trinajstić information content (AvgIpc) is 2.40. The molecule has 0 radical (unpaired) electrons. The molecule has 0 amide bonds. The lowest BCUT2D eigenvalue weighted by Crippen LogP contribution is -2.39. The van der Waals surface area contributed by atoms with Gasteiger partial charge in [-0.2, -0.15) is 4.31 Å². The number of aromatic nitrogens is 1. The second-order valence-electron chi connectivity index (χ2n) is 4.60. The Kier molecular flexibility index (Phi) is 4.78. The monoisotopic (exact) mass is 304 g/mol. The van der Waals surface area contributed by atoms with Crippen LogP contribution in [0.5, 0.6) is 0 Å². The van der Waals surface area contributed by atoms with Crippen molar-refractivity contribution in [3.05, 3.63) is 23.5 Å². The predicted molar refractivity (Wildman–Crippen MR) is 72.6 cm³/mol. The fourth-order valence-electron chi connectivity index (χ4n) is 2.25. The molecule has 0 unspecified atom stereocenters. The number of piperidine rings is 1. The molecule has 0 atom stereocenters. The van der Waals surface area contributed by atoms with Crippen molar-refractivity contribution in [1.82, 2.24) is 9.29 Å². The van der Waals surface area contributed by atoms with Gasteiger partial charge in [0.05, 0.1) is 0 Å². The van der Waals surface area contributed by atoms with Crippen LogP contribution in [0.2, 0.25) is 5.15 Å². The summed E-state index contributed by atoms with van der Waals surface area (Å²) in [5.41, 5.74) is 0. The molecule has 0 aromatic carbocycles. The summed E-state index contributed by atoms with van der Waals surface area (Å²) in [6.07, 6.45) is 3.10. The average molecular weight is 305 g/mol. The quantitative estimate of drug-likeness (QED) is 0.796. The fraction of sp³-hybridized carbons (Fsp3) is 0.583. The van der Waals surface area contributed by atoms with E-state index in [0.717, 1.165) is 12.8 Å². The first kappa shape index (κ1) is 14.7. The lowest BCUT2D eigenvalue weighted by Gasteiger charge is -2.30. The molecule has 0 spiro atoms. The lowest BCUT2D eigenvalue weighted by atomic mass is 9.99. The molecule has 19 heavy (non-hydrogen) atoms. The molecule has 106 valence electrons. The van der Waals surface area contributed by atoms with E-state index >= 15 is 0 Å². The highest BCUT2D eigenvalue weighted by atomic mass is 35.5. The predicted octanol–water partition coefficient (Wildman–Crippen LogP) is 1.78. The molecule has 5 nitrogen and oxygen atoms in total. The van der Waals surface area contributed by atoms with Crippen LogP contribution in [0.25, 0.3) is 0 Å². The summed E-state index contributed by atoms with van der Waals surface area (Å²) in [5, 5.41) is 0.0292. The summed E-state index contributed by atoms with van der Waals surface area (Å²) < 4.78 is 31.5. The molecular formula is C12H17ClN2O3S. The van der Waals surface area contributed by atoms with Gasteiger partial charge in [0.15, 0.2) is 0 Å². The Morgan fingerprint density at radius 3 is 2.74 bits per heavy atom. The fourth-order valence-corrected chi connectivity index (χ4v) is 4.15. The van der Waals surface area contributed by atoms with E-state index in [2.05, 4.69) is 4.98 Å². The third-order valence-electron chi connectivity index (χ3n) is 3.32. The Balaban J connectivity index is 2.12. The van der Waals surface area contributed by atoms with Gasteiger partial charge in [0.1, 0.15) is 10.0 Å². The number of rotatable bonds is 4. The topological polar surface area (TPSA) is 59.5 Å². The van der Waals surface area contributed by atoms with Gasteiger partial charge in [0.2, 0.25) is 10.0 Å². The molecule has 2 heterocycles. The van der Waals surface area contributed by atoms with E-state index in [4.69, 9.17) is 16.3 Å². The standard InChI is InChI=1S/C12H17ClN2O3S/c1-18-9-10-4-7-15(8-5-10)19(16,17)11-3-2-6-14-12(11)13/h2-3,6,10H,4-5,7-9H2,1H3. The summed E-state index contributed by atoms with van der Waals surface area (Å²) in [6.45, 7) is 1.69. The van der Waals surface area contributed by atoms with Gasteiger partial charge in [-0.1, -0.05) is 11.6 Å². The number of methoxy groups -OCH3 is 1. The van der Waals surface area contributed by atoms with Crippen molar-refractivity contribution in [3.63, 3.8) is 0 Å². The number of hydrogen-bond acceptors (Lipinski definition) is 4. The Labute approximate surface area is 118 Å². The summed E-state index contributed by atoms with van der Waals surface area (Å²) in [6, 6.07) is 3.07. The molecule has 1 aliphatic rings. The molecule has 0 aliphatic carbocycles. The second-order valence-corrected chi connectivity index (χ2v) is 6.86. The maximum Gasteiger partial charge on any atom is 0.246 e. The van der Waals surface area contributed by atoms with Gasteiger partial charge in [-0.3, -0.25) is 0 Å². The van der Waals surface area contributed by atoms with Crippen LogP contribution in [0.15, 0.2) is 23.2 Å². The van der Waals surface area contributed by atoms with Crippen molar-refractivity contribution in [2.75, 3.05) is 26.8 Å². The van der Waals surface area contributed by atoms with E-state index in [1.54, 1.807) is 13.2 Å². The Hall–Kier alpha value is -0.690. The molecular weight excluding hydrogens is 288 g/mol. The molecule has 2 rings (SSSR count). The van der Waals surface area contributed by atoms with Crippen LogP contribution in [0, 0.1) is 5.92 Å². The Bertz CT molecular complexity index is 528. The normalized spacial score (nSPS) is 18.6. The van der Waals surface area contributed by atoms with Crippen LogP contribution in [-0.2, 0) is 14.8 Å². The third-order valence-corrected chi connectivity index (χ3v) is 5.66. The van der Waals surface area contributed by atoms with Crippen LogP contribution in [-0.4, -0.2) is 44.5 Å². The highest BCUT2D eigenvalue weighted by Crippen LogP contribution is 2.26. The van der Waals surface area contributed by atoms with Gasteiger partial charge in [-0.25, -0.2) is 13.4 Å². The summed E-state index contributed by atoms with van der Waals surface area (Å²) in [4.78, 5) is 3.91. The van der Waals surface area contributed by atoms with E-state index in [-0.39, 0.29) is 10.0 Å². The number of nitrogens with zero attached hydrogens (tertiary/aromatic N) is 2. The first-order chi connectivity index (χ1) is 9.05. The van der Waals surface area contributed by atoms with Crippen LogP contribution in [0.1, 0.15) is 12.8 Å². The number of ether oxygens (including phenoxy) is 1. The van der Waals surface area contributed by atoms with Crippen molar-refractivity contribution in [1.29, 1.82) is 0 Å². The van der Waals surface area contributed by atoms with Gasteiger partial charge < -0.3 is 4.74 Å². The molecule has 0 bridgehead atoms. The van der Waals surface area contributed by atoms with Crippen molar-refractivity contribution in [2.45, 2.75) is 17.7 Å². The van der Waals surface area contributed by atoms with E-state index in [0.29, 0.717) is 25.6 Å². The summed E-state index contributed by atoms with van der Waals surface area (Å²) in [7, 11) is -1.87. The van der Waals surface area contributed by atoms with Gasteiger partial charge in [0.25, 0.3) is 0 Å². The number of hydrogen-bond donors (Lipinski definition) is 0. The number of sulfonamides is 1. The van der Waals surface area contributed by atoms with Crippen molar-refractivity contribution >= 4 is 21.6 Å². The molecule has 0 saturated carbocycles. The third kappa shape index (κ3) is 3.25. The smallest absolute Gasteiger partial charge is 0.246 e. The first-order valence-electron chi connectivity index (χ1n) is 6.15. The van der Waals surface area contributed by atoms with Crippen LogP contribution >= 0.6 is 11.6 Å². The molecule has 1 aliphatic heterocycles. The Morgan fingerprint density at radius 2 is 2.16 bits per heavy atom. The number of pyridine rings is 1. The van der Waals surface area contributed by atoms with Gasteiger partial charge in [0, 0.05) is 33.0 Å². The Morgan fingerprint density at radius 1 is 1.47 bits per heavy atom. The molecule has 1 fully saturated rings. The zero-order valence-electron chi connectivity index (χ0n) is 10.8. The SMILES string of the molecule is COCC1CCN(S(=O)(=O)c2cccnc2Cl)CC1. The minimum Gasteiger partial charge on any atom is -0.384 e. The van der Waals surface area contributed by atoms with E-state index in [9.17, 15) is 8.42 Å². The van der Waals surface area contributed by atoms with Crippen LogP contribution < -0.4 is 0 Å². The molecule has 1 aromatic rings. The summed E-state index contributed by atoms with van der Waals surface area (Å²) >= 11 is 5.87. The lowest BCUT2D eigenvalue weighted by molar-refractivity contribution is 0.121. The van der Waals surface area contributed by atoms with E-state index < -0.39 is 10.0 Å². The minimum atomic E-state index is -3.53. The highest BCUT2D eigenvalue weighted by Gasteiger charge is 2.30. The molecule has 7 heteroatoms. The van der Waals surface area contributed by atoms with Crippen LogP contribution in [0.3, 0.4) is 0 Å². The van der Waals surface area contributed by atoms with Crippen molar-refractivity contribution in [3.8, 4) is 0 Å². The van der Waals surface area contributed by atoms with Crippen molar-refractivity contribution < 1.29 is 13.2 Å². The zero-order chi connectivity index (χ0) is 13.9. The maximum atomic E-state index is 12.4. The van der Waals surface area contributed by atoms with Gasteiger partial charge >= 0.3 is 0 Å². The minimum absolute atomic E-state index is 0.0292. The first-order valence-corrected chi connectivity index (χ1v) is 7.97. The van der Waals surface area contributed by atoms with Crippen molar-refractivity contribution in [2.24, 2.45) is 5.92 Å². The molecule has 1 saturated heterocycles. The molecule has 1 aromatic heterocycles. The maximum absolute atomic E-state index is 12.4. The van der Waals surface area contributed by atoms with Gasteiger partial charge in [-0.15, -0.1) is 0 Å². The van der Waals surface area contributed by atoms with Gasteiger partial charge in [-0.05, 0) is 30.9 Å². The number of halogens is 1. The highest BCUT2D eigenvalue weighted by molar-refractivity contribution is 7.89. The zero-order valence-corrected chi connectivity index (χ0v) is 12.3.